The average molecular weight is 215 g/mol. The molecule has 78 valence electrons. The van der Waals surface area contributed by atoms with Crippen LogP contribution in [0.25, 0.3) is 0 Å². The molecule has 0 heterocycles. The maximum atomic E-state index is 11.2. The highest BCUT2D eigenvalue weighted by Gasteiger charge is 2.12. The van der Waals surface area contributed by atoms with Crippen molar-refractivity contribution in [1.29, 1.82) is 0 Å². The highest BCUT2D eigenvalue weighted by molar-refractivity contribution is 7.56. The van der Waals surface area contributed by atoms with Gasteiger partial charge in [-0.25, -0.2) is 0 Å². The summed E-state index contributed by atoms with van der Waals surface area (Å²) in [5, 5.41) is 0. The molecule has 5 heteroatoms. The summed E-state index contributed by atoms with van der Waals surface area (Å²) in [6, 6.07) is 5.08. The van der Waals surface area contributed by atoms with E-state index in [4.69, 9.17) is 10.5 Å². The van der Waals surface area contributed by atoms with Crippen LogP contribution in [0.15, 0.2) is 18.2 Å². The second-order valence-corrected chi connectivity index (χ2v) is 5.70. The first-order valence-electron chi connectivity index (χ1n) is 4.14. The van der Waals surface area contributed by atoms with E-state index in [1.807, 2.05) is 0 Å². The van der Waals surface area contributed by atoms with Gasteiger partial charge >= 0.3 is 0 Å². The molecule has 0 bridgehead atoms. The fraction of sp³-hybridized carbons (Fsp3) is 0.333. The topological polar surface area (TPSA) is 72.5 Å². The Hall–Kier alpha value is -0.990. The lowest BCUT2D eigenvalue weighted by atomic mass is 10.2. The summed E-state index contributed by atoms with van der Waals surface area (Å²) in [7, 11) is -1.52. The van der Waals surface area contributed by atoms with Gasteiger partial charge in [0.1, 0.15) is 5.75 Å². The number of hydrogen-bond donors (Lipinski definition) is 2. The van der Waals surface area contributed by atoms with Crippen LogP contribution in [0.3, 0.4) is 0 Å². The predicted octanol–water partition coefficient (Wildman–Crippen LogP) is 1.68. The molecule has 1 aromatic carbocycles. The van der Waals surface area contributed by atoms with Crippen molar-refractivity contribution in [3.8, 4) is 5.75 Å². The summed E-state index contributed by atoms with van der Waals surface area (Å²) in [6.07, 6.45) is 0.142. The smallest absolute Gasteiger partial charge is 0.201 e. The van der Waals surface area contributed by atoms with Crippen LogP contribution in [-0.2, 0) is 10.7 Å². The standard InChI is InChI=1S/C9H14NO3P/c1-13-9-5-7(3-4-8(9)10)6-14(2,11)12/h3-5H,6,10H2,1-2H3,(H,11,12). The fourth-order valence-electron chi connectivity index (χ4n) is 1.19. The molecule has 1 rings (SSSR count). The van der Waals surface area contributed by atoms with Crippen molar-refractivity contribution >= 4 is 13.1 Å². The largest absolute Gasteiger partial charge is 0.495 e. The van der Waals surface area contributed by atoms with Gasteiger partial charge in [-0.15, -0.1) is 0 Å². The first-order valence-corrected chi connectivity index (χ1v) is 6.43. The van der Waals surface area contributed by atoms with Crippen LogP contribution >= 0.6 is 7.37 Å². The number of nitrogen functional groups attached to an aromatic ring is 1. The second kappa shape index (κ2) is 4.03. The van der Waals surface area contributed by atoms with Gasteiger partial charge in [0, 0.05) is 12.8 Å². The lowest BCUT2D eigenvalue weighted by molar-refractivity contribution is 0.416. The molecule has 0 amide bonds. The van der Waals surface area contributed by atoms with Crippen molar-refractivity contribution in [1.82, 2.24) is 0 Å². The van der Waals surface area contributed by atoms with E-state index in [1.165, 1.54) is 13.8 Å². The normalized spacial score (nSPS) is 14.8. The van der Waals surface area contributed by atoms with E-state index in [0.29, 0.717) is 11.4 Å². The van der Waals surface area contributed by atoms with E-state index in [-0.39, 0.29) is 6.16 Å². The molecule has 0 aliphatic rings. The lowest BCUT2D eigenvalue weighted by Gasteiger charge is -2.08. The molecule has 1 atom stereocenters. The van der Waals surface area contributed by atoms with Crippen LogP contribution in [0.1, 0.15) is 5.56 Å². The molecule has 1 unspecified atom stereocenters. The van der Waals surface area contributed by atoms with Crippen LogP contribution in [-0.4, -0.2) is 18.7 Å². The quantitative estimate of drug-likeness (QED) is 0.594. The molecule has 0 aliphatic heterocycles. The monoisotopic (exact) mass is 215 g/mol. The summed E-state index contributed by atoms with van der Waals surface area (Å²) >= 11 is 0. The zero-order chi connectivity index (χ0) is 10.8. The maximum absolute atomic E-state index is 11.2. The molecular weight excluding hydrogens is 201 g/mol. The summed E-state index contributed by atoms with van der Waals surface area (Å²) in [4.78, 5) is 9.19. The summed E-state index contributed by atoms with van der Waals surface area (Å²) in [6.45, 7) is 1.33. The second-order valence-electron chi connectivity index (χ2n) is 3.29. The summed E-state index contributed by atoms with van der Waals surface area (Å²) in [5.41, 5.74) is 6.89. The molecule has 0 saturated heterocycles. The Morgan fingerprint density at radius 2 is 2.21 bits per heavy atom. The third-order valence-corrected chi connectivity index (χ3v) is 2.73. The van der Waals surface area contributed by atoms with Crippen molar-refractivity contribution in [2.24, 2.45) is 0 Å². The number of ether oxygens (including phenoxy) is 1. The Morgan fingerprint density at radius 3 is 2.71 bits per heavy atom. The molecule has 0 spiro atoms. The highest BCUT2D eigenvalue weighted by Crippen LogP contribution is 2.40. The fourth-order valence-corrected chi connectivity index (χ4v) is 2.07. The van der Waals surface area contributed by atoms with E-state index in [2.05, 4.69) is 0 Å². The Balaban J connectivity index is 2.96. The van der Waals surface area contributed by atoms with Crippen molar-refractivity contribution in [2.45, 2.75) is 6.16 Å². The third-order valence-electron chi connectivity index (χ3n) is 1.77. The highest BCUT2D eigenvalue weighted by atomic mass is 31.2. The van der Waals surface area contributed by atoms with Gasteiger partial charge < -0.3 is 15.4 Å². The number of nitrogens with two attached hydrogens (primary N) is 1. The molecule has 0 aliphatic carbocycles. The number of anilines is 1. The minimum atomic E-state index is -3.03. The molecule has 4 nitrogen and oxygen atoms in total. The Labute approximate surface area is 83.2 Å². The van der Waals surface area contributed by atoms with Gasteiger partial charge in [-0.3, -0.25) is 4.57 Å². The summed E-state index contributed by atoms with van der Waals surface area (Å²) in [5.74, 6) is 0.538. The van der Waals surface area contributed by atoms with Gasteiger partial charge in [-0.1, -0.05) is 6.07 Å². The van der Waals surface area contributed by atoms with Gasteiger partial charge in [-0.05, 0) is 17.7 Å². The van der Waals surface area contributed by atoms with Gasteiger partial charge in [-0.2, -0.15) is 0 Å². The zero-order valence-electron chi connectivity index (χ0n) is 8.23. The molecule has 3 N–H and O–H groups in total. The Bertz CT molecular complexity index is 372. The summed E-state index contributed by atoms with van der Waals surface area (Å²) < 4.78 is 16.2. The molecule has 14 heavy (non-hydrogen) atoms. The first kappa shape index (κ1) is 11.1. The minimum Gasteiger partial charge on any atom is -0.495 e. The van der Waals surface area contributed by atoms with E-state index >= 15 is 0 Å². The third kappa shape index (κ3) is 3.05. The Morgan fingerprint density at radius 1 is 1.57 bits per heavy atom. The van der Waals surface area contributed by atoms with Crippen molar-refractivity contribution in [3.05, 3.63) is 23.8 Å². The van der Waals surface area contributed by atoms with E-state index in [0.717, 1.165) is 5.56 Å². The molecule has 0 aromatic heterocycles. The zero-order valence-corrected chi connectivity index (χ0v) is 9.12. The van der Waals surface area contributed by atoms with Gasteiger partial charge in [0.15, 0.2) is 0 Å². The van der Waals surface area contributed by atoms with Gasteiger partial charge in [0.2, 0.25) is 7.37 Å². The predicted molar refractivity (Wildman–Crippen MR) is 56.9 cm³/mol. The number of hydrogen-bond acceptors (Lipinski definition) is 3. The molecule has 0 radical (unpaired) electrons. The van der Waals surface area contributed by atoms with Crippen LogP contribution in [0, 0.1) is 0 Å². The van der Waals surface area contributed by atoms with Gasteiger partial charge in [0.25, 0.3) is 0 Å². The molecular formula is C9H14NO3P. The van der Waals surface area contributed by atoms with Crippen LogP contribution in [0.5, 0.6) is 5.75 Å². The Kier molecular flexibility index (Phi) is 3.19. The van der Waals surface area contributed by atoms with Crippen LogP contribution < -0.4 is 10.5 Å². The molecule has 0 saturated carbocycles. The van der Waals surface area contributed by atoms with Crippen molar-refractivity contribution < 1.29 is 14.2 Å². The number of rotatable bonds is 3. The van der Waals surface area contributed by atoms with E-state index < -0.39 is 7.37 Å². The van der Waals surface area contributed by atoms with E-state index in [1.54, 1.807) is 18.2 Å². The van der Waals surface area contributed by atoms with Crippen LogP contribution in [0.2, 0.25) is 0 Å². The first-order chi connectivity index (χ1) is 6.42. The minimum absolute atomic E-state index is 0.142. The SMILES string of the molecule is COc1cc(CP(C)(=O)O)ccc1N. The average Bonchev–Trinajstić information content (AvgIpc) is 2.06. The van der Waals surface area contributed by atoms with Crippen molar-refractivity contribution in [3.63, 3.8) is 0 Å². The van der Waals surface area contributed by atoms with Gasteiger partial charge in [0.05, 0.1) is 12.8 Å². The maximum Gasteiger partial charge on any atom is 0.201 e. The van der Waals surface area contributed by atoms with Crippen LogP contribution in [0.4, 0.5) is 5.69 Å². The van der Waals surface area contributed by atoms with E-state index in [9.17, 15) is 9.46 Å². The number of benzene rings is 1. The molecule has 0 fully saturated rings. The molecule has 1 aromatic rings. The number of methoxy groups -OCH3 is 1. The lowest BCUT2D eigenvalue weighted by Crippen LogP contribution is -1.94. The van der Waals surface area contributed by atoms with Crippen molar-refractivity contribution in [2.75, 3.05) is 19.5 Å².